The van der Waals surface area contributed by atoms with Crippen molar-refractivity contribution in [3.8, 4) is 5.75 Å². The number of nitrogens with two attached hydrogens (primary N) is 1. The normalized spacial score (nSPS) is 12.9. The highest BCUT2D eigenvalue weighted by molar-refractivity contribution is 7.89. The van der Waals surface area contributed by atoms with Gasteiger partial charge in [0.2, 0.25) is 10.0 Å². The Bertz CT molecular complexity index is 715. The largest absolute Gasteiger partial charge is 0.495 e. The predicted octanol–water partition coefficient (Wildman–Crippen LogP) is 2.32. The van der Waals surface area contributed by atoms with Crippen LogP contribution >= 0.6 is 0 Å². The first-order valence-electron chi connectivity index (χ1n) is 6.45. The van der Waals surface area contributed by atoms with E-state index in [1.807, 2.05) is 30.3 Å². The third-order valence-electron chi connectivity index (χ3n) is 3.11. The van der Waals surface area contributed by atoms with E-state index >= 15 is 0 Å². The van der Waals surface area contributed by atoms with Crippen molar-refractivity contribution in [2.24, 2.45) is 0 Å². The summed E-state index contributed by atoms with van der Waals surface area (Å²) in [5.41, 5.74) is 6.97. The molecule has 3 N–H and O–H groups in total. The van der Waals surface area contributed by atoms with Crippen LogP contribution in [0.4, 0.5) is 5.69 Å². The van der Waals surface area contributed by atoms with Gasteiger partial charge in [0.05, 0.1) is 7.11 Å². The first kappa shape index (κ1) is 15.3. The van der Waals surface area contributed by atoms with Gasteiger partial charge in [-0.3, -0.25) is 0 Å². The summed E-state index contributed by atoms with van der Waals surface area (Å²) in [6.45, 7) is 1.79. The van der Waals surface area contributed by atoms with Crippen LogP contribution in [0.1, 0.15) is 18.5 Å². The summed E-state index contributed by atoms with van der Waals surface area (Å²) in [5.74, 6) is 0.225. The Balaban J connectivity index is 2.31. The quantitative estimate of drug-likeness (QED) is 0.831. The van der Waals surface area contributed by atoms with Gasteiger partial charge in [0.15, 0.2) is 0 Å². The maximum Gasteiger partial charge on any atom is 0.244 e. The van der Waals surface area contributed by atoms with Crippen LogP contribution in [0.25, 0.3) is 0 Å². The Hall–Kier alpha value is -2.05. The van der Waals surface area contributed by atoms with Crippen LogP contribution in [0.3, 0.4) is 0 Å². The molecule has 0 aliphatic rings. The molecule has 0 saturated carbocycles. The highest BCUT2D eigenvalue weighted by Crippen LogP contribution is 2.27. The number of rotatable bonds is 5. The van der Waals surface area contributed by atoms with Crippen LogP contribution in [0, 0.1) is 0 Å². The van der Waals surface area contributed by atoms with Gasteiger partial charge < -0.3 is 10.5 Å². The van der Waals surface area contributed by atoms with Crippen molar-refractivity contribution in [2.75, 3.05) is 12.8 Å². The standard InChI is InChI=1S/C15H18N2O3S/c1-11(12-6-4-3-5-7-12)17-21(18,19)15-9-8-13(16)10-14(15)20-2/h3-11,17H,16H2,1-2H3. The Morgan fingerprint density at radius 1 is 1.14 bits per heavy atom. The van der Waals surface area contributed by atoms with Crippen LogP contribution < -0.4 is 15.2 Å². The molecule has 1 unspecified atom stereocenters. The van der Waals surface area contributed by atoms with E-state index in [1.165, 1.54) is 25.3 Å². The number of nitrogen functional groups attached to an aromatic ring is 1. The summed E-state index contributed by atoms with van der Waals surface area (Å²) in [5, 5.41) is 0. The zero-order valence-electron chi connectivity index (χ0n) is 11.9. The van der Waals surface area contributed by atoms with Crippen LogP contribution in [-0.4, -0.2) is 15.5 Å². The van der Waals surface area contributed by atoms with Gasteiger partial charge >= 0.3 is 0 Å². The number of anilines is 1. The molecule has 0 saturated heterocycles. The molecule has 0 aromatic heterocycles. The van der Waals surface area contributed by atoms with Crippen LogP contribution in [0.15, 0.2) is 53.4 Å². The van der Waals surface area contributed by atoms with Gasteiger partial charge in [0.25, 0.3) is 0 Å². The van der Waals surface area contributed by atoms with Gasteiger partial charge in [0.1, 0.15) is 10.6 Å². The summed E-state index contributed by atoms with van der Waals surface area (Å²) >= 11 is 0. The maximum absolute atomic E-state index is 12.5. The van der Waals surface area contributed by atoms with E-state index in [0.29, 0.717) is 5.69 Å². The smallest absolute Gasteiger partial charge is 0.244 e. The second-order valence-electron chi connectivity index (χ2n) is 4.66. The van der Waals surface area contributed by atoms with Gasteiger partial charge in [-0.2, -0.15) is 0 Å². The number of hydrogen-bond donors (Lipinski definition) is 2. The maximum atomic E-state index is 12.5. The van der Waals surface area contributed by atoms with Crippen molar-refractivity contribution in [3.63, 3.8) is 0 Å². The van der Waals surface area contributed by atoms with Crippen LogP contribution in [-0.2, 0) is 10.0 Å². The van der Waals surface area contributed by atoms with Gasteiger partial charge in [-0.05, 0) is 24.6 Å². The SMILES string of the molecule is COc1cc(N)ccc1S(=O)(=O)NC(C)c1ccccc1. The molecule has 21 heavy (non-hydrogen) atoms. The van der Waals surface area contributed by atoms with Gasteiger partial charge in [-0.25, -0.2) is 13.1 Å². The zero-order valence-corrected chi connectivity index (χ0v) is 12.7. The van der Waals surface area contributed by atoms with Crippen LogP contribution in [0.5, 0.6) is 5.75 Å². The molecule has 2 aromatic carbocycles. The molecule has 2 rings (SSSR count). The first-order chi connectivity index (χ1) is 9.94. The van der Waals surface area contributed by atoms with E-state index in [1.54, 1.807) is 6.92 Å². The first-order valence-corrected chi connectivity index (χ1v) is 7.93. The molecule has 0 amide bonds. The van der Waals surface area contributed by atoms with Crippen molar-refractivity contribution in [2.45, 2.75) is 17.9 Å². The van der Waals surface area contributed by atoms with E-state index in [9.17, 15) is 8.42 Å². The summed E-state index contributed by atoms with van der Waals surface area (Å²) in [7, 11) is -2.29. The average Bonchev–Trinajstić information content (AvgIpc) is 2.47. The van der Waals surface area contributed by atoms with Crippen molar-refractivity contribution >= 4 is 15.7 Å². The Labute approximate surface area is 124 Å². The van der Waals surface area contributed by atoms with Crippen molar-refractivity contribution in [1.82, 2.24) is 4.72 Å². The molecule has 0 bridgehead atoms. The highest BCUT2D eigenvalue weighted by atomic mass is 32.2. The minimum absolute atomic E-state index is 0.0713. The Kier molecular flexibility index (Phi) is 4.50. The molecule has 0 aliphatic heterocycles. The van der Waals surface area contributed by atoms with Gasteiger partial charge in [-0.15, -0.1) is 0 Å². The number of hydrogen-bond acceptors (Lipinski definition) is 4. The fourth-order valence-corrected chi connectivity index (χ4v) is 3.39. The number of ether oxygens (including phenoxy) is 1. The molecule has 112 valence electrons. The van der Waals surface area contributed by atoms with Gasteiger partial charge in [-0.1, -0.05) is 30.3 Å². The number of methoxy groups -OCH3 is 1. The zero-order chi connectivity index (χ0) is 15.5. The molecular formula is C15H18N2O3S. The highest BCUT2D eigenvalue weighted by Gasteiger charge is 2.22. The molecule has 1 atom stereocenters. The molecule has 6 heteroatoms. The predicted molar refractivity (Wildman–Crippen MR) is 82.6 cm³/mol. The lowest BCUT2D eigenvalue weighted by Gasteiger charge is -2.16. The van der Waals surface area contributed by atoms with E-state index in [4.69, 9.17) is 10.5 Å². The molecule has 0 fully saturated rings. The van der Waals surface area contributed by atoms with E-state index in [0.717, 1.165) is 5.56 Å². The molecular weight excluding hydrogens is 288 g/mol. The molecule has 0 radical (unpaired) electrons. The summed E-state index contributed by atoms with van der Waals surface area (Å²) in [6.07, 6.45) is 0. The molecule has 0 heterocycles. The van der Waals surface area contributed by atoms with Crippen LogP contribution in [0.2, 0.25) is 0 Å². The number of benzene rings is 2. The van der Waals surface area contributed by atoms with Crippen molar-refractivity contribution in [3.05, 3.63) is 54.1 Å². The van der Waals surface area contributed by atoms with E-state index in [-0.39, 0.29) is 16.7 Å². The lowest BCUT2D eigenvalue weighted by Crippen LogP contribution is -2.27. The second kappa shape index (κ2) is 6.15. The lowest BCUT2D eigenvalue weighted by molar-refractivity contribution is 0.402. The second-order valence-corrected chi connectivity index (χ2v) is 6.35. The minimum Gasteiger partial charge on any atom is -0.495 e. The van der Waals surface area contributed by atoms with E-state index in [2.05, 4.69) is 4.72 Å². The third-order valence-corrected chi connectivity index (χ3v) is 4.69. The summed E-state index contributed by atoms with van der Waals surface area (Å²) in [6, 6.07) is 13.5. The molecule has 0 aliphatic carbocycles. The third kappa shape index (κ3) is 3.53. The average molecular weight is 306 g/mol. The van der Waals surface area contributed by atoms with Crippen molar-refractivity contribution < 1.29 is 13.2 Å². The molecule has 5 nitrogen and oxygen atoms in total. The van der Waals surface area contributed by atoms with Gasteiger partial charge in [0, 0.05) is 17.8 Å². The number of nitrogens with one attached hydrogen (secondary N) is 1. The Morgan fingerprint density at radius 3 is 2.43 bits per heavy atom. The fraction of sp³-hybridized carbons (Fsp3) is 0.200. The fourth-order valence-electron chi connectivity index (χ4n) is 2.01. The minimum atomic E-state index is -3.70. The molecule has 0 spiro atoms. The molecule has 2 aromatic rings. The summed E-state index contributed by atoms with van der Waals surface area (Å²) < 4.78 is 32.7. The lowest BCUT2D eigenvalue weighted by atomic mass is 10.1. The topological polar surface area (TPSA) is 81.4 Å². The monoisotopic (exact) mass is 306 g/mol. The Morgan fingerprint density at radius 2 is 1.81 bits per heavy atom. The van der Waals surface area contributed by atoms with Crippen molar-refractivity contribution in [1.29, 1.82) is 0 Å². The number of sulfonamides is 1. The summed E-state index contributed by atoms with van der Waals surface area (Å²) in [4.78, 5) is 0.0713. The van der Waals surface area contributed by atoms with E-state index < -0.39 is 10.0 Å².